The Labute approximate surface area is 259 Å². The van der Waals surface area contributed by atoms with Crippen LogP contribution in [-0.2, 0) is 14.4 Å². The number of carbonyl (C=O) groups excluding carboxylic acids is 1. The van der Waals surface area contributed by atoms with Gasteiger partial charge in [-0.05, 0) is 83.6 Å². The lowest BCUT2D eigenvalue weighted by Gasteiger charge is -2.26. The van der Waals surface area contributed by atoms with Gasteiger partial charge in [-0.25, -0.2) is 4.79 Å². The summed E-state index contributed by atoms with van der Waals surface area (Å²) >= 11 is 0. The Morgan fingerprint density at radius 2 is 1.07 bits per heavy atom. The summed E-state index contributed by atoms with van der Waals surface area (Å²) < 4.78 is 4.99. The molecule has 0 aliphatic rings. The molecule has 0 aliphatic carbocycles. The Balaban J connectivity index is 1.30. The molecule has 0 unspecified atom stereocenters. The lowest BCUT2D eigenvalue weighted by atomic mass is 10.0. The standard InChI is InChI=1S/C39H35NO4/c1-3-39(41)42-29-11-10-12-30(2)43-44-38-27-25-37(26-28-38)40(35-21-17-33(18-22-35)31-13-6-4-7-14-31)36-23-19-34(20-24-36)32-15-8-5-9-16-32/h3-9,13-28H,1-2,10-12,29H2. The van der Waals surface area contributed by atoms with E-state index in [-0.39, 0.29) is 0 Å². The van der Waals surface area contributed by atoms with E-state index < -0.39 is 5.97 Å². The molecule has 0 heterocycles. The molecule has 0 radical (unpaired) electrons. The van der Waals surface area contributed by atoms with Crippen LogP contribution in [0.15, 0.2) is 158 Å². The van der Waals surface area contributed by atoms with Crippen molar-refractivity contribution >= 4 is 23.0 Å². The highest BCUT2D eigenvalue weighted by Crippen LogP contribution is 2.37. The average molecular weight is 582 g/mol. The number of rotatable bonds is 14. The van der Waals surface area contributed by atoms with E-state index in [9.17, 15) is 4.79 Å². The van der Waals surface area contributed by atoms with Crippen molar-refractivity contribution in [2.24, 2.45) is 0 Å². The van der Waals surface area contributed by atoms with Crippen LogP contribution in [-0.4, -0.2) is 12.6 Å². The Kier molecular flexibility index (Phi) is 10.3. The maximum Gasteiger partial charge on any atom is 0.330 e. The van der Waals surface area contributed by atoms with E-state index in [1.54, 1.807) is 0 Å². The minimum Gasteiger partial charge on any atom is -0.463 e. The van der Waals surface area contributed by atoms with Crippen LogP contribution in [0.3, 0.4) is 0 Å². The maximum atomic E-state index is 11.1. The first-order chi connectivity index (χ1) is 21.6. The molecule has 0 saturated carbocycles. The molecule has 0 atom stereocenters. The molecule has 0 bridgehead atoms. The first-order valence-electron chi connectivity index (χ1n) is 14.6. The molecule has 5 nitrogen and oxygen atoms in total. The van der Waals surface area contributed by atoms with Gasteiger partial charge in [0.1, 0.15) is 5.76 Å². The largest absolute Gasteiger partial charge is 0.463 e. The van der Waals surface area contributed by atoms with Gasteiger partial charge in [-0.15, -0.1) is 0 Å². The van der Waals surface area contributed by atoms with E-state index >= 15 is 0 Å². The van der Waals surface area contributed by atoms with E-state index in [2.05, 4.69) is 115 Å². The number of esters is 1. The zero-order valence-corrected chi connectivity index (χ0v) is 24.6. The van der Waals surface area contributed by atoms with Crippen molar-refractivity contribution in [3.05, 3.63) is 158 Å². The van der Waals surface area contributed by atoms with Crippen molar-refractivity contribution in [2.75, 3.05) is 11.5 Å². The van der Waals surface area contributed by atoms with Gasteiger partial charge in [0.2, 0.25) is 0 Å². The summed E-state index contributed by atoms with van der Waals surface area (Å²) in [5, 5.41) is 0. The molecule has 44 heavy (non-hydrogen) atoms. The SMILES string of the molecule is C=CC(=O)OCCCCC(=C)OOc1ccc(N(c2ccc(-c3ccccc3)cc2)c2ccc(-c3ccccc3)cc2)cc1. The fourth-order valence-corrected chi connectivity index (χ4v) is 4.77. The van der Waals surface area contributed by atoms with Crippen LogP contribution in [0.2, 0.25) is 0 Å². The third-order valence-electron chi connectivity index (χ3n) is 7.08. The highest BCUT2D eigenvalue weighted by molar-refractivity contribution is 5.81. The quantitative estimate of drug-likeness (QED) is 0.0326. The topological polar surface area (TPSA) is 48.0 Å². The van der Waals surface area contributed by atoms with Gasteiger partial charge in [0.25, 0.3) is 0 Å². The van der Waals surface area contributed by atoms with Crippen molar-refractivity contribution in [3.8, 4) is 28.0 Å². The van der Waals surface area contributed by atoms with Crippen molar-refractivity contribution in [2.45, 2.75) is 19.3 Å². The van der Waals surface area contributed by atoms with E-state index in [1.807, 2.05) is 36.4 Å². The molecular formula is C39H35NO4. The maximum absolute atomic E-state index is 11.1. The van der Waals surface area contributed by atoms with Crippen LogP contribution in [0.4, 0.5) is 17.1 Å². The molecule has 5 aromatic carbocycles. The monoisotopic (exact) mass is 581 g/mol. The van der Waals surface area contributed by atoms with Gasteiger partial charge >= 0.3 is 5.97 Å². The number of hydrogen-bond acceptors (Lipinski definition) is 5. The fourth-order valence-electron chi connectivity index (χ4n) is 4.77. The van der Waals surface area contributed by atoms with Gasteiger partial charge in [0, 0.05) is 29.6 Å². The van der Waals surface area contributed by atoms with Gasteiger partial charge in [-0.2, -0.15) is 0 Å². The van der Waals surface area contributed by atoms with Crippen molar-refractivity contribution < 1.29 is 19.3 Å². The highest BCUT2D eigenvalue weighted by atomic mass is 17.2. The summed E-state index contributed by atoms with van der Waals surface area (Å²) in [6, 6.07) is 45.7. The first-order valence-corrected chi connectivity index (χ1v) is 14.6. The average Bonchev–Trinajstić information content (AvgIpc) is 3.09. The second-order valence-corrected chi connectivity index (χ2v) is 10.2. The number of nitrogens with zero attached hydrogens (tertiary/aromatic N) is 1. The van der Waals surface area contributed by atoms with Crippen molar-refractivity contribution in [1.29, 1.82) is 0 Å². The van der Waals surface area contributed by atoms with Gasteiger partial charge in [-0.1, -0.05) is 98.1 Å². The minimum atomic E-state index is -0.418. The molecule has 0 aromatic heterocycles. The number of hydrogen-bond donors (Lipinski definition) is 0. The number of carbonyl (C=O) groups is 1. The normalized spacial score (nSPS) is 10.5. The lowest BCUT2D eigenvalue weighted by Crippen LogP contribution is -2.10. The zero-order chi connectivity index (χ0) is 30.6. The van der Waals surface area contributed by atoms with Crippen molar-refractivity contribution in [3.63, 3.8) is 0 Å². The van der Waals surface area contributed by atoms with Crippen LogP contribution in [0.5, 0.6) is 5.75 Å². The van der Waals surface area contributed by atoms with Crippen LogP contribution in [0.1, 0.15) is 19.3 Å². The third-order valence-corrected chi connectivity index (χ3v) is 7.08. The molecule has 5 aromatic rings. The second-order valence-electron chi connectivity index (χ2n) is 10.2. The van der Waals surface area contributed by atoms with Gasteiger partial charge in [-0.3, -0.25) is 9.78 Å². The van der Waals surface area contributed by atoms with Crippen molar-refractivity contribution in [1.82, 2.24) is 0 Å². The summed E-state index contributed by atoms with van der Waals surface area (Å²) in [4.78, 5) is 24.3. The Bertz CT molecular complexity index is 1560. The number of unbranched alkanes of at least 4 members (excludes halogenated alkanes) is 1. The van der Waals surface area contributed by atoms with Crippen LogP contribution < -0.4 is 9.79 Å². The summed E-state index contributed by atoms with van der Waals surface area (Å²) in [5.74, 6) is 0.648. The van der Waals surface area contributed by atoms with E-state index in [0.717, 1.165) is 40.7 Å². The molecule has 0 aliphatic heterocycles. The van der Waals surface area contributed by atoms with Gasteiger partial charge < -0.3 is 9.64 Å². The molecule has 220 valence electrons. The zero-order valence-electron chi connectivity index (χ0n) is 24.6. The smallest absolute Gasteiger partial charge is 0.330 e. The summed E-state index contributed by atoms with van der Waals surface area (Å²) in [5.41, 5.74) is 7.72. The molecule has 0 fully saturated rings. The molecule has 0 N–H and O–H groups in total. The summed E-state index contributed by atoms with van der Waals surface area (Å²) in [6.07, 6.45) is 3.21. The number of anilines is 3. The predicted octanol–water partition coefficient (Wildman–Crippen LogP) is 10.2. The molecule has 0 spiro atoms. The first kappa shape index (κ1) is 29.9. The van der Waals surface area contributed by atoms with Crippen LogP contribution in [0, 0.1) is 0 Å². The number of ether oxygens (including phenoxy) is 1. The van der Waals surface area contributed by atoms with Gasteiger partial charge in [0.05, 0.1) is 6.61 Å². The third kappa shape index (κ3) is 8.05. The molecule has 0 amide bonds. The predicted molar refractivity (Wildman–Crippen MR) is 178 cm³/mol. The van der Waals surface area contributed by atoms with Crippen LogP contribution >= 0.6 is 0 Å². The number of benzene rings is 5. The van der Waals surface area contributed by atoms with Gasteiger partial charge in [0.15, 0.2) is 5.75 Å². The lowest BCUT2D eigenvalue weighted by molar-refractivity contribution is -0.168. The Morgan fingerprint density at radius 3 is 1.55 bits per heavy atom. The summed E-state index contributed by atoms with van der Waals surface area (Å²) in [7, 11) is 0. The molecule has 5 rings (SSSR count). The second kappa shape index (κ2) is 15.1. The number of allylic oxidation sites excluding steroid dienone is 1. The fraction of sp³-hybridized carbons (Fsp3) is 0.103. The molecule has 5 heteroatoms. The molecule has 0 saturated heterocycles. The Hall–Kier alpha value is -5.55. The van der Waals surface area contributed by atoms with E-state index in [0.29, 0.717) is 31.0 Å². The Morgan fingerprint density at radius 1 is 0.614 bits per heavy atom. The summed E-state index contributed by atoms with van der Waals surface area (Å²) in [6.45, 7) is 7.64. The minimum absolute atomic E-state index is 0.334. The van der Waals surface area contributed by atoms with E-state index in [4.69, 9.17) is 14.5 Å². The molecular weight excluding hydrogens is 546 g/mol. The van der Waals surface area contributed by atoms with Crippen LogP contribution in [0.25, 0.3) is 22.3 Å². The highest BCUT2D eigenvalue weighted by Gasteiger charge is 2.14. The van der Waals surface area contributed by atoms with E-state index in [1.165, 1.54) is 11.1 Å².